The number of anilines is 1. The van der Waals surface area contributed by atoms with Crippen LogP contribution in [0.15, 0.2) is 53.4 Å². The number of carbonyl (C=O) groups is 3. The maximum atomic E-state index is 12.4. The lowest BCUT2D eigenvalue weighted by Gasteiger charge is -2.13. The summed E-state index contributed by atoms with van der Waals surface area (Å²) in [5, 5.41) is 2.88. The number of rotatable bonds is 7. The highest BCUT2D eigenvalue weighted by atomic mass is 32.2. The van der Waals surface area contributed by atoms with E-state index in [4.69, 9.17) is 0 Å². The molecule has 0 aliphatic carbocycles. The molecule has 1 aliphatic heterocycles. The molecule has 6 heteroatoms. The summed E-state index contributed by atoms with van der Waals surface area (Å²) in [6.07, 6.45) is 2.34. The Morgan fingerprint density at radius 1 is 1.04 bits per heavy atom. The van der Waals surface area contributed by atoms with Crippen LogP contribution in [0.4, 0.5) is 5.69 Å². The first-order valence-corrected chi connectivity index (χ1v) is 9.56. The molecule has 0 saturated heterocycles. The number of hydrogen-bond donors (Lipinski definition) is 1. The van der Waals surface area contributed by atoms with Crippen LogP contribution in [0.3, 0.4) is 0 Å². The molecule has 0 spiro atoms. The van der Waals surface area contributed by atoms with Gasteiger partial charge in [-0.3, -0.25) is 19.3 Å². The third kappa shape index (κ3) is 3.96. The van der Waals surface area contributed by atoms with E-state index in [-0.39, 0.29) is 23.6 Å². The van der Waals surface area contributed by atoms with Gasteiger partial charge in [-0.1, -0.05) is 31.5 Å². The average molecular weight is 368 g/mol. The number of nitrogens with zero attached hydrogens (tertiary/aromatic N) is 1. The molecule has 2 aromatic rings. The Morgan fingerprint density at radius 2 is 1.73 bits per heavy atom. The van der Waals surface area contributed by atoms with Gasteiger partial charge in [0, 0.05) is 17.0 Å². The number of amides is 3. The Bertz CT molecular complexity index is 815. The minimum absolute atomic E-state index is 0.00523. The molecule has 134 valence electrons. The smallest absolute Gasteiger partial charge is 0.262 e. The number of hydrogen-bond acceptors (Lipinski definition) is 4. The molecule has 0 saturated carbocycles. The van der Waals surface area contributed by atoms with Gasteiger partial charge in [-0.15, -0.1) is 11.8 Å². The Balaban J connectivity index is 1.62. The third-order valence-corrected chi connectivity index (χ3v) is 5.09. The van der Waals surface area contributed by atoms with Crippen LogP contribution in [0.1, 0.15) is 46.9 Å². The van der Waals surface area contributed by atoms with Gasteiger partial charge in [-0.25, -0.2) is 0 Å². The topological polar surface area (TPSA) is 66.5 Å². The molecule has 0 atom stereocenters. The quantitative estimate of drug-likeness (QED) is 0.589. The van der Waals surface area contributed by atoms with Gasteiger partial charge in [0.05, 0.1) is 17.0 Å². The Morgan fingerprint density at radius 3 is 2.38 bits per heavy atom. The minimum atomic E-state index is -0.262. The van der Waals surface area contributed by atoms with Gasteiger partial charge in [-0.2, -0.15) is 0 Å². The van der Waals surface area contributed by atoms with Gasteiger partial charge < -0.3 is 5.32 Å². The highest BCUT2D eigenvalue weighted by Gasteiger charge is 2.34. The maximum absolute atomic E-state index is 12.4. The van der Waals surface area contributed by atoms with E-state index in [9.17, 15) is 14.4 Å². The Labute approximate surface area is 156 Å². The summed E-state index contributed by atoms with van der Waals surface area (Å²) in [7, 11) is 0. The molecule has 1 aliphatic rings. The molecular formula is C20H20N2O3S. The fraction of sp³-hybridized carbons (Fsp3) is 0.250. The zero-order valence-corrected chi connectivity index (χ0v) is 15.3. The van der Waals surface area contributed by atoms with Crippen molar-refractivity contribution in [3.05, 3.63) is 59.7 Å². The summed E-state index contributed by atoms with van der Waals surface area (Å²) >= 11 is 1.39. The minimum Gasteiger partial charge on any atom is -0.326 e. The van der Waals surface area contributed by atoms with Crippen LogP contribution in [0.2, 0.25) is 0 Å². The monoisotopic (exact) mass is 368 g/mol. The molecule has 26 heavy (non-hydrogen) atoms. The van der Waals surface area contributed by atoms with Crippen molar-refractivity contribution in [3.63, 3.8) is 0 Å². The second kappa shape index (κ2) is 8.19. The van der Waals surface area contributed by atoms with E-state index in [2.05, 4.69) is 5.32 Å². The van der Waals surface area contributed by atoms with Gasteiger partial charge in [0.15, 0.2) is 0 Å². The summed E-state index contributed by atoms with van der Waals surface area (Å²) in [5.74, 6) is -0.293. The third-order valence-electron chi connectivity index (χ3n) is 4.11. The first kappa shape index (κ1) is 18.2. The van der Waals surface area contributed by atoms with Crippen LogP contribution >= 0.6 is 11.8 Å². The van der Waals surface area contributed by atoms with Crippen molar-refractivity contribution in [2.24, 2.45) is 0 Å². The van der Waals surface area contributed by atoms with Crippen molar-refractivity contribution >= 4 is 35.2 Å². The normalized spacial score (nSPS) is 13.0. The molecule has 0 fully saturated rings. The molecule has 2 aromatic carbocycles. The standard InChI is InChI=1S/C20H20N2O3S/c1-2-3-11-18(23)21-14-7-6-8-15(12-14)26-13-22-19(24)16-9-4-5-10-17(16)20(22)25/h4-10,12H,2-3,11,13H2,1H3,(H,21,23). The van der Waals surface area contributed by atoms with E-state index in [1.807, 2.05) is 31.2 Å². The van der Waals surface area contributed by atoms with Crippen LogP contribution in [0.25, 0.3) is 0 Å². The molecule has 0 unspecified atom stereocenters. The lowest BCUT2D eigenvalue weighted by molar-refractivity contribution is -0.116. The molecule has 1 heterocycles. The van der Waals surface area contributed by atoms with Crippen molar-refractivity contribution in [1.29, 1.82) is 0 Å². The van der Waals surface area contributed by atoms with Crippen LogP contribution in [-0.2, 0) is 4.79 Å². The molecular weight excluding hydrogens is 348 g/mol. The number of imide groups is 1. The first-order chi connectivity index (χ1) is 12.6. The van der Waals surface area contributed by atoms with Gasteiger partial charge in [0.25, 0.3) is 11.8 Å². The van der Waals surface area contributed by atoms with Gasteiger partial charge >= 0.3 is 0 Å². The number of thioether (sulfide) groups is 1. The zero-order chi connectivity index (χ0) is 18.5. The highest BCUT2D eigenvalue weighted by molar-refractivity contribution is 7.99. The summed E-state index contributed by atoms with van der Waals surface area (Å²) in [6, 6.07) is 14.3. The number of nitrogens with one attached hydrogen (secondary N) is 1. The van der Waals surface area contributed by atoms with Crippen molar-refractivity contribution in [2.45, 2.75) is 31.1 Å². The Hall–Kier alpha value is -2.60. The zero-order valence-electron chi connectivity index (χ0n) is 14.5. The van der Waals surface area contributed by atoms with E-state index in [1.54, 1.807) is 24.3 Å². The average Bonchev–Trinajstić information content (AvgIpc) is 2.89. The van der Waals surface area contributed by atoms with E-state index in [0.29, 0.717) is 17.5 Å². The predicted molar refractivity (Wildman–Crippen MR) is 102 cm³/mol. The number of unbranched alkanes of at least 4 members (excludes halogenated alkanes) is 1. The molecule has 0 aromatic heterocycles. The highest BCUT2D eigenvalue weighted by Crippen LogP contribution is 2.28. The van der Waals surface area contributed by atoms with Crippen LogP contribution in [-0.4, -0.2) is 28.5 Å². The fourth-order valence-corrected chi connectivity index (χ4v) is 3.62. The lowest BCUT2D eigenvalue weighted by atomic mass is 10.1. The molecule has 0 bridgehead atoms. The lowest BCUT2D eigenvalue weighted by Crippen LogP contribution is -2.29. The molecule has 1 N–H and O–H groups in total. The van der Waals surface area contributed by atoms with Crippen molar-refractivity contribution < 1.29 is 14.4 Å². The molecule has 3 amide bonds. The van der Waals surface area contributed by atoms with Crippen molar-refractivity contribution in [1.82, 2.24) is 4.90 Å². The van der Waals surface area contributed by atoms with Gasteiger partial charge in [0.2, 0.25) is 5.91 Å². The van der Waals surface area contributed by atoms with Crippen molar-refractivity contribution in [3.8, 4) is 0 Å². The summed E-state index contributed by atoms with van der Waals surface area (Å²) < 4.78 is 0. The molecule has 3 rings (SSSR count). The maximum Gasteiger partial charge on any atom is 0.262 e. The summed E-state index contributed by atoms with van der Waals surface area (Å²) in [5.41, 5.74) is 1.63. The number of carbonyl (C=O) groups excluding carboxylic acids is 3. The SMILES string of the molecule is CCCCC(=O)Nc1cccc(SCN2C(=O)c3ccccc3C2=O)c1. The van der Waals surface area contributed by atoms with E-state index < -0.39 is 0 Å². The predicted octanol–water partition coefficient (Wildman–Crippen LogP) is 4.16. The van der Waals surface area contributed by atoms with E-state index >= 15 is 0 Å². The number of benzene rings is 2. The van der Waals surface area contributed by atoms with Gasteiger partial charge in [-0.05, 0) is 36.8 Å². The van der Waals surface area contributed by atoms with Crippen LogP contribution < -0.4 is 5.32 Å². The van der Waals surface area contributed by atoms with Crippen LogP contribution in [0, 0.1) is 0 Å². The second-order valence-electron chi connectivity index (χ2n) is 6.04. The van der Waals surface area contributed by atoms with E-state index in [1.165, 1.54) is 16.7 Å². The first-order valence-electron chi connectivity index (χ1n) is 8.58. The fourth-order valence-electron chi connectivity index (χ4n) is 2.72. The van der Waals surface area contributed by atoms with Crippen LogP contribution in [0.5, 0.6) is 0 Å². The summed E-state index contributed by atoms with van der Waals surface area (Å²) in [6.45, 7) is 2.05. The van der Waals surface area contributed by atoms with Gasteiger partial charge in [0.1, 0.15) is 0 Å². The second-order valence-corrected chi connectivity index (χ2v) is 7.06. The Kier molecular flexibility index (Phi) is 5.73. The van der Waals surface area contributed by atoms with Crippen molar-refractivity contribution in [2.75, 3.05) is 11.2 Å². The molecule has 0 radical (unpaired) electrons. The van der Waals surface area contributed by atoms with E-state index in [0.717, 1.165) is 23.4 Å². The number of fused-ring (bicyclic) bond motifs is 1. The summed E-state index contributed by atoms with van der Waals surface area (Å²) in [4.78, 5) is 38.7. The largest absolute Gasteiger partial charge is 0.326 e. The molecule has 5 nitrogen and oxygen atoms in total.